The first-order valence-electron chi connectivity index (χ1n) is 5.91. The average molecular weight is 238 g/mol. The Morgan fingerprint density at radius 1 is 1.59 bits per heavy atom. The molecular formula is C10H18N6O. The van der Waals surface area contributed by atoms with Crippen LogP contribution in [-0.2, 0) is 4.79 Å². The van der Waals surface area contributed by atoms with Gasteiger partial charge in [0.05, 0.1) is 6.04 Å². The molecule has 0 spiro atoms. The quantitative estimate of drug-likeness (QED) is 0.686. The Morgan fingerprint density at radius 3 is 2.88 bits per heavy atom. The highest BCUT2D eigenvalue weighted by atomic mass is 16.1. The number of aromatic nitrogens is 4. The number of H-pyrrole nitrogens is 1. The molecule has 0 bridgehead atoms. The molecule has 1 heterocycles. The number of nitrogens with zero attached hydrogens (tertiary/aromatic N) is 3. The van der Waals surface area contributed by atoms with E-state index in [1.165, 1.54) is 0 Å². The van der Waals surface area contributed by atoms with E-state index in [2.05, 4.69) is 25.9 Å². The van der Waals surface area contributed by atoms with Crippen molar-refractivity contribution in [1.29, 1.82) is 0 Å². The first-order valence-corrected chi connectivity index (χ1v) is 5.91. The smallest absolute Gasteiger partial charge is 0.222 e. The molecule has 1 aliphatic rings. The highest BCUT2D eigenvalue weighted by molar-refractivity contribution is 5.77. The number of carbonyl (C=O) groups excluding carboxylic acids is 1. The Morgan fingerprint density at radius 2 is 2.29 bits per heavy atom. The SMILES string of the molecule is CC(NC(=O)CC1(N)CCCC1)c1nn[nH]n1. The summed E-state index contributed by atoms with van der Waals surface area (Å²) in [6.45, 7) is 1.82. The van der Waals surface area contributed by atoms with Gasteiger partial charge in [-0.1, -0.05) is 18.1 Å². The molecule has 7 heteroatoms. The van der Waals surface area contributed by atoms with Gasteiger partial charge in [-0.3, -0.25) is 4.79 Å². The van der Waals surface area contributed by atoms with Crippen molar-refractivity contribution < 1.29 is 4.79 Å². The van der Waals surface area contributed by atoms with Crippen molar-refractivity contribution in [1.82, 2.24) is 25.9 Å². The summed E-state index contributed by atoms with van der Waals surface area (Å²) in [5, 5.41) is 16.3. The summed E-state index contributed by atoms with van der Waals surface area (Å²) in [5.41, 5.74) is 5.83. The topological polar surface area (TPSA) is 110 Å². The van der Waals surface area contributed by atoms with Gasteiger partial charge in [-0.05, 0) is 19.8 Å². The minimum Gasteiger partial charge on any atom is -0.346 e. The van der Waals surface area contributed by atoms with Crippen LogP contribution in [0.15, 0.2) is 0 Å². The fraction of sp³-hybridized carbons (Fsp3) is 0.800. The molecular weight excluding hydrogens is 220 g/mol. The molecule has 0 saturated heterocycles. The molecule has 1 amide bonds. The standard InChI is InChI=1S/C10H18N6O/c1-7(9-13-15-16-14-9)12-8(17)6-10(11)4-2-3-5-10/h7H,2-6,11H2,1H3,(H,12,17)(H,13,14,15,16). The van der Waals surface area contributed by atoms with E-state index in [9.17, 15) is 4.79 Å². The number of carbonyl (C=O) groups is 1. The second-order valence-corrected chi connectivity index (χ2v) is 4.81. The normalized spacial score (nSPS) is 20.1. The van der Waals surface area contributed by atoms with Crippen LogP contribution in [-0.4, -0.2) is 32.1 Å². The molecule has 1 saturated carbocycles. The molecule has 7 nitrogen and oxygen atoms in total. The summed E-state index contributed by atoms with van der Waals surface area (Å²) in [7, 11) is 0. The minimum atomic E-state index is -0.318. The average Bonchev–Trinajstić information content (AvgIpc) is 2.88. The van der Waals surface area contributed by atoms with Gasteiger partial charge in [-0.25, -0.2) is 0 Å². The number of aromatic amines is 1. The summed E-state index contributed by atoms with van der Waals surface area (Å²) in [5.74, 6) is 0.433. The van der Waals surface area contributed by atoms with E-state index in [-0.39, 0.29) is 17.5 Å². The Hall–Kier alpha value is -1.50. The Kier molecular flexibility index (Phi) is 3.37. The molecule has 1 aromatic rings. The van der Waals surface area contributed by atoms with Crippen molar-refractivity contribution in [2.75, 3.05) is 0 Å². The van der Waals surface area contributed by atoms with E-state index in [0.29, 0.717) is 12.2 Å². The van der Waals surface area contributed by atoms with Gasteiger partial charge in [0.2, 0.25) is 5.91 Å². The van der Waals surface area contributed by atoms with Crippen LogP contribution in [0, 0.1) is 0 Å². The lowest BCUT2D eigenvalue weighted by atomic mass is 9.94. The van der Waals surface area contributed by atoms with Gasteiger partial charge in [-0.2, -0.15) is 5.21 Å². The summed E-state index contributed by atoms with van der Waals surface area (Å²) >= 11 is 0. The Bertz CT molecular complexity index is 370. The number of tetrazole rings is 1. The minimum absolute atomic E-state index is 0.0494. The predicted molar refractivity (Wildman–Crippen MR) is 60.7 cm³/mol. The van der Waals surface area contributed by atoms with Crippen LogP contribution < -0.4 is 11.1 Å². The van der Waals surface area contributed by atoms with E-state index in [1.54, 1.807) is 0 Å². The number of nitrogens with two attached hydrogens (primary N) is 1. The molecule has 17 heavy (non-hydrogen) atoms. The summed E-state index contributed by atoms with van der Waals surface area (Å²) in [6.07, 6.45) is 4.46. The Balaban J connectivity index is 1.85. The van der Waals surface area contributed by atoms with Crippen molar-refractivity contribution in [2.45, 2.75) is 50.6 Å². The maximum absolute atomic E-state index is 11.8. The van der Waals surface area contributed by atoms with Gasteiger partial charge in [-0.15, -0.1) is 10.2 Å². The number of rotatable bonds is 4. The molecule has 2 rings (SSSR count). The van der Waals surface area contributed by atoms with Crippen LogP contribution >= 0.6 is 0 Å². The van der Waals surface area contributed by atoms with E-state index in [1.807, 2.05) is 6.92 Å². The van der Waals surface area contributed by atoms with Gasteiger partial charge in [0.1, 0.15) is 0 Å². The first-order chi connectivity index (χ1) is 8.09. The Labute approximate surface area is 99.5 Å². The third-order valence-corrected chi connectivity index (χ3v) is 3.24. The van der Waals surface area contributed by atoms with Gasteiger partial charge < -0.3 is 11.1 Å². The third kappa shape index (κ3) is 3.00. The molecule has 0 aliphatic heterocycles. The maximum atomic E-state index is 11.8. The van der Waals surface area contributed by atoms with Gasteiger partial charge >= 0.3 is 0 Å². The molecule has 0 aromatic carbocycles. The van der Waals surface area contributed by atoms with Crippen molar-refractivity contribution in [3.8, 4) is 0 Å². The highest BCUT2D eigenvalue weighted by Gasteiger charge is 2.32. The second-order valence-electron chi connectivity index (χ2n) is 4.81. The van der Waals surface area contributed by atoms with Crippen LogP contribution in [0.3, 0.4) is 0 Å². The van der Waals surface area contributed by atoms with Crippen LogP contribution in [0.4, 0.5) is 0 Å². The molecule has 4 N–H and O–H groups in total. The van der Waals surface area contributed by atoms with Crippen molar-refractivity contribution in [3.63, 3.8) is 0 Å². The van der Waals surface area contributed by atoms with Crippen molar-refractivity contribution in [3.05, 3.63) is 5.82 Å². The second kappa shape index (κ2) is 4.79. The number of hydrogen-bond acceptors (Lipinski definition) is 5. The lowest BCUT2D eigenvalue weighted by molar-refractivity contribution is -0.122. The monoisotopic (exact) mass is 238 g/mol. The zero-order valence-corrected chi connectivity index (χ0v) is 9.94. The van der Waals surface area contributed by atoms with Gasteiger partial charge in [0, 0.05) is 12.0 Å². The number of amides is 1. The van der Waals surface area contributed by atoms with Crippen molar-refractivity contribution in [2.24, 2.45) is 5.73 Å². The fourth-order valence-corrected chi connectivity index (χ4v) is 2.29. The number of nitrogens with one attached hydrogen (secondary N) is 2. The lowest BCUT2D eigenvalue weighted by Crippen LogP contribution is -2.42. The summed E-state index contributed by atoms with van der Waals surface area (Å²) in [4.78, 5) is 11.8. The van der Waals surface area contributed by atoms with E-state index in [4.69, 9.17) is 5.73 Å². The molecule has 1 aliphatic carbocycles. The van der Waals surface area contributed by atoms with E-state index < -0.39 is 0 Å². The fourth-order valence-electron chi connectivity index (χ4n) is 2.29. The van der Waals surface area contributed by atoms with Crippen LogP contribution in [0.2, 0.25) is 0 Å². The van der Waals surface area contributed by atoms with Crippen LogP contribution in [0.25, 0.3) is 0 Å². The molecule has 1 unspecified atom stereocenters. The maximum Gasteiger partial charge on any atom is 0.222 e. The number of hydrogen-bond donors (Lipinski definition) is 3. The zero-order chi connectivity index (χ0) is 12.3. The molecule has 0 radical (unpaired) electrons. The molecule has 94 valence electrons. The van der Waals surface area contributed by atoms with Crippen LogP contribution in [0.1, 0.15) is 50.9 Å². The van der Waals surface area contributed by atoms with E-state index in [0.717, 1.165) is 25.7 Å². The third-order valence-electron chi connectivity index (χ3n) is 3.24. The summed E-state index contributed by atoms with van der Waals surface area (Å²) in [6, 6.07) is -0.244. The van der Waals surface area contributed by atoms with Crippen molar-refractivity contribution >= 4 is 5.91 Å². The van der Waals surface area contributed by atoms with E-state index >= 15 is 0 Å². The molecule has 1 fully saturated rings. The predicted octanol–water partition coefficient (Wildman–Crippen LogP) is 0.0385. The highest BCUT2D eigenvalue weighted by Crippen LogP contribution is 2.30. The van der Waals surface area contributed by atoms with Gasteiger partial charge in [0.25, 0.3) is 0 Å². The summed E-state index contributed by atoms with van der Waals surface area (Å²) < 4.78 is 0. The van der Waals surface area contributed by atoms with Gasteiger partial charge in [0.15, 0.2) is 5.82 Å². The first kappa shape index (κ1) is 12.0. The van der Waals surface area contributed by atoms with Crippen LogP contribution in [0.5, 0.6) is 0 Å². The zero-order valence-electron chi connectivity index (χ0n) is 9.94. The lowest BCUT2D eigenvalue weighted by Gasteiger charge is -2.23. The largest absolute Gasteiger partial charge is 0.346 e. The molecule has 1 atom stereocenters. The molecule has 1 aromatic heterocycles.